The number of rotatable bonds is 6. The number of nitrogens with two attached hydrogens (primary N) is 1. The second-order valence-electron chi connectivity index (χ2n) is 7.38. The number of aliphatic carboxylic acids is 1. The molecular weight excluding hydrogens is 372 g/mol. The van der Waals surface area contributed by atoms with Gasteiger partial charge >= 0.3 is 5.97 Å². The molecule has 2 aromatic heterocycles. The third-order valence-corrected chi connectivity index (χ3v) is 5.43. The van der Waals surface area contributed by atoms with Crippen molar-refractivity contribution in [3.8, 4) is 17.0 Å². The lowest BCUT2D eigenvalue weighted by molar-refractivity contribution is -0.137. The molecule has 9 heteroatoms. The quantitative estimate of drug-likeness (QED) is 0.578. The molecular formula is C20H24N6O3. The minimum Gasteiger partial charge on any atom is -0.507 e. The van der Waals surface area contributed by atoms with Crippen LogP contribution in [0.5, 0.6) is 5.75 Å². The number of piperidine rings is 1. The number of nitrogen functional groups attached to an aromatic ring is 1. The number of fused-ring (bicyclic) bond motifs is 1. The van der Waals surface area contributed by atoms with E-state index in [1.807, 2.05) is 16.8 Å². The van der Waals surface area contributed by atoms with Crippen LogP contribution in [-0.4, -0.2) is 60.7 Å². The number of likely N-dealkylation sites (tertiary alicyclic amines) is 1. The molecule has 0 amide bonds. The molecule has 0 radical (unpaired) electrons. The van der Waals surface area contributed by atoms with Gasteiger partial charge in [-0.25, -0.2) is 0 Å². The molecule has 1 aliphatic rings. The summed E-state index contributed by atoms with van der Waals surface area (Å²) in [6.07, 6.45) is 2.67. The van der Waals surface area contributed by atoms with Crippen molar-refractivity contribution < 1.29 is 15.0 Å². The highest BCUT2D eigenvalue weighted by Gasteiger charge is 2.24. The van der Waals surface area contributed by atoms with Gasteiger partial charge in [-0.3, -0.25) is 9.48 Å². The van der Waals surface area contributed by atoms with E-state index in [4.69, 9.17) is 10.8 Å². The Hall–Kier alpha value is -3.20. The highest BCUT2D eigenvalue weighted by atomic mass is 16.4. The summed E-state index contributed by atoms with van der Waals surface area (Å²) in [6.45, 7) is 2.57. The smallest absolute Gasteiger partial charge is 0.303 e. The molecule has 4 rings (SSSR count). The molecule has 29 heavy (non-hydrogen) atoms. The van der Waals surface area contributed by atoms with Crippen molar-refractivity contribution in [3.63, 3.8) is 0 Å². The zero-order valence-electron chi connectivity index (χ0n) is 16.0. The van der Waals surface area contributed by atoms with Crippen molar-refractivity contribution in [3.05, 3.63) is 30.3 Å². The van der Waals surface area contributed by atoms with Crippen molar-refractivity contribution >= 4 is 22.8 Å². The third-order valence-electron chi connectivity index (χ3n) is 5.43. The first-order valence-electron chi connectivity index (χ1n) is 9.77. The minimum atomic E-state index is -0.750. The minimum absolute atomic E-state index is 0.148. The van der Waals surface area contributed by atoms with Gasteiger partial charge in [-0.05, 0) is 44.0 Å². The Morgan fingerprint density at radius 1 is 1.21 bits per heavy atom. The van der Waals surface area contributed by atoms with E-state index in [1.165, 1.54) is 0 Å². The van der Waals surface area contributed by atoms with Crippen molar-refractivity contribution in [1.82, 2.24) is 24.9 Å². The van der Waals surface area contributed by atoms with Gasteiger partial charge in [0.2, 0.25) is 0 Å². The molecule has 0 aliphatic carbocycles. The monoisotopic (exact) mass is 396 g/mol. The number of hydrogen-bond acceptors (Lipinski definition) is 7. The van der Waals surface area contributed by atoms with Crippen molar-refractivity contribution in [1.29, 1.82) is 0 Å². The van der Waals surface area contributed by atoms with Gasteiger partial charge in [0.15, 0.2) is 11.3 Å². The van der Waals surface area contributed by atoms with Crippen LogP contribution in [0.3, 0.4) is 0 Å². The lowest BCUT2D eigenvalue weighted by atomic mass is 10.0. The van der Waals surface area contributed by atoms with Crippen LogP contribution < -0.4 is 5.73 Å². The number of hydrogen-bond donors (Lipinski definition) is 3. The van der Waals surface area contributed by atoms with E-state index in [-0.39, 0.29) is 18.2 Å². The number of phenolic OH excluding ortho intramolecular Hbond substituents is 1. The van der Waals surface area contributed by atoms with E-state index in [2.05, 4.69) is 20.2 Å². The normalized spacial score (nSPS) is 15.7. The van der Waals surface area contributed by atoms with Gasteiger partial charge < -0.3 is 20.8 Å². The number of aromatic nitrogens is 4. The number of phenols is 1. The molecule has 4 N–H and O–H groups in total. The van der Waals surface area contributed by atoms with Crippen molar-refractivity contribution in [2.75, 3.05) is 25.4 Å². The van der Waals surface area contributed by atoms with E-state index in [1.54, 1.807) is 18.2 Å². The Morgan fingerprint density at radius 2 is 1.97 bits per heavy atom. The number of para-hydroxylation sites is 1. The molecule has 1 fully saturated rings. The molecule has 152 valence electrons. The van der Waals surface area contributed by atoms with E-state index in [9.17, 15) is 9.90 Å². The average molecular weight is 396 g/mol. The Kier molecular flexibility index (Phi) is 5.30. The molecule has 3 aromatic rings. The number of anilines is 1. The molecule has 0 spiro atoms. The zero-order chi connectivity index (χ0) is 20.4. The summed E-state index contributed by atoms with van der Waals surface area (Å²) in [6, 6.07) is 9.08. The van der Waals surface area contributed by atoms with E-state index < -0.39 is 5.97 Å². The van der Waals surface area contributed by atoms with Gasteiger partial charge in [-0.15, -0.1) is 10.2 Å². The largest absolute Gasteiger partial charge is 0.507 e. The topological polar surface area (TPSA) is 130 Å². The summed E-state index contributed by atoms with van der Waals surface area (Å²) in [5, 5.41) is 31.9. The fraction of sp³-hybridized carbons (Fsp3) is 0.400. The number of benzene rings is 1. The summed E-state index contributed by atoms with van der Waals surface area (Å²) in [7, 11) is 0. The van der Waals surface area contributed by atoms with Crippen LogP contribution in [-0.2, 0) is 4.79 Å². The van der Waals surface area contributed by atoms with Gasteiger partial charge in [0, 0.05) is 25.1 Å². The van der Waals surface area contributed by atoms with E-state index in [0.717, 1.165) is 38.0 Å². The van der Waals surface area contributed by atoms with Gasteiger partial charge in [0.25, 0.3) is 0 Å². The molecule has 1 aromatic carbocycles. The first kappa shape index (κ1) is 19.1. The van der Waals surface area contributed by atoms with Gasteiger partial charge in [-0.1, -0.05) is 12.1 Å². The number of carbonyl (C=O) groups is 1. The lowest BCUT2D eigenvalue weighted by Crippen LogP contribution is -2.35. The molecule has 1 saturated heterocycles. The SMILES string of the molecule is Nc1nn(C2CCN(CCCC(=O)O)CC2)c2cc(-c3ccccc3O)nnc12. The number of carboxylic acids is 1. The summed E-state index contributed by atoms with van der Waals surface area (Å²) in [5.41, 5.74) is 8.63. The molecule has 0 bridgehead atoms. The van der Waals surface area contributed by atoms with Gasteiger partial charge in [-0.2, -0.15) is 5.10 Å². The first-order chi connectivity index (χ1) is 14.0. The van der Waals surface area contributed by atoms with Crippen molar-refractivity contribution in [2.45, 2.75) is 31.7 Å². The zero-order valence-corrected chi connectivity index (χ0v) is 16.0. The Balaban J connectivity index is 1.54. The molecule has 0 unspecified atom stereocenters. The standard InChI is InChI=1S/C20H24N6O3/c21-20-19-16(12-15(22-23-19)14-4-1-2-5-17(14)27)26(24-20)13-7-10-25(11-8-13)9-3-6-18(28)29/h1-2,4-5,12-13,27H,3,6-11H2,(H2,21,24)(H,28,29). The molecule has 1 aliphatic heterocycles. The maximum Gasteiger partial charge on any atom is 0.303 e. The molecule has 9 nitrogen and oxygen atoms in total. The highest BCUT2D eigenvalue weighted by molar-refractivity contribution is 5.87. The predicted octanol–water partition coefficient (Wildman–Crippen LogP) is 2.28. The lowest BCUT2D eigenvalue weighted by Gasteiger charge is -2.32. The summed E-state index contributed by atoms with van der Waals surface area (Å²) < 4.78 is 1.93. The van der Waals surface area contributed by atoms with Crippen LogP contribution in [0.2, 0.25) is 0 Å². The fourth-order valence-electron chi connectivity index (χ4n) is 3.90. The third kappa shape index (κ3) is 4.00. The van der Waals surface area contributed by atoms with E-state index >= 15 is 0 Å². The van der Waals surface area contributed by atoms with Crippen LogP contribution in [0.4, 0.5) is 5.82 Å². The Labute approximate surface area is 167 Å². The fourth-order valence-corrected chi connectivity index (χ4v) is 3.90. The summed E-state index contributed by atoms with van der Waals surface area (Å²) in [4.78, 5) is 13.0. The van der Waals surface area contributed by atoms with Crippen molar-refractivity contribution in [2.24, 2.45) is 0 Å². The maximum atomic E-state index is 10.7. The highest BCUT2D eigenvalue weighted by Crippen LogP contribution is 2.32. The second-order valence-corrected chi connectivity index (χ2v) is 7.38. The molecule has 0 saturated carbocycles. The average Bonchev–Trinajstić information content (AvgIpc) is 3.05. The summed E-state index contributed by atoms with van der Waals surface area (Å²) in [5.74, 6) is -0.255. The van der Waals surface area contributed by atoms with E-state index in [0.29, 0.717) is 29.0 Å². The number of nitrogens with zero attached hydrogens (tertiary/aromatic N) is 5. The Morgan fingerprint density at radius 3 is 2.69 bits per heavy atom. The number of aromatic hydroxyl groups is 1. The number of carboxylic acid groups (broad SMARTS) is 1. The van der Waals surface area contributed by atoms with Crippen LogP contribution in [0.1, 0.15) is 31.7 Å². The van der Waals surface area contributed by atoms with Crippen LogP contribution in [0, 0.1) is 0 Å². The first-order valence-corrected chi connectivity index (χ1v) is 9.77. The predicted molar refractivity (Wildman–Crippen MR) is 108 cm³/mol. The van der Waals surface area contributed by atoms with Gasteiger partial charge in [0.05, 0.1) is 17.3 Å². The van der Waals surface area contributed by atoms with Crippen LogP contribution >= 0.6 is 0 Å². The maximum absolute atomic E-state index is 10.7. The molecule has 3 heterocycles. The van der Waals surface area contributed by atoms with Gasteiger partial charge in [0.1, 0.15) is 5.75 Å². The summed E-state index contributed by atoms with van der Waals surface area (Å²) >= 11 is 0. The Bertz CT molecular complexity index is 1030. The molecule has 0 atom stereocenters. The van der Waals surface area contributed by atoms with Crippen LogP contribution in [0.25, 0.3) is 22.3 Å². The van der Waals surface area contributed by atoms with Crippen LogP contribution in [0.15, 0.2) is 30.3 Å². The second kappa shape index (κ2) is 8.04.